The highest BCUT2D eigenvalue weighted by Crippen LogP contribution is 2.46. The topological polar surface area (TPSA) is 127 Å². The minimum atomic E-state index is -4.72. The number of benzene rings is 1. The van der Waals surface area contributed by atoms with Gasteiger partial charge in [0.25, 0.3) is 0 Å². The third-order valence-corrected chi connectivity index (χ3v) is 8.27. The van der Waals surface area contributed by atoms with Crippen LogP contribution in [0.2, 0.25) is 0 Å². The molecular weight excluding hydrogens is 594 g/mol. The van der Waals surface area contributed by atoms with Crippen LogP contribution < -0.4 is 16.1 Å². The van der Waals surface area contributed by atoms with Gasteiger partial charge in [0.15, 0.2) is 5.69 Å². The molecule has 1 atom stereocenters. The molecule has 1 aromatic carbocycles. The van der Waals surface area contributed by atoms with Gasteiger partial charge in [0.2, 0.25) is 5.43 Å². The maximum absolute atomic E-state index is 14.9. The van der Waals surface area contributed by atoms with E-state index in [1.807, 2.05) is 6.92 Å². The molecule has 0 spiro atoms. The van der Waals surface area contributed by atoms with Crippen molar-refractivity contribution < 1.29 is 27.5 Å². The fourth-order valence-electron chi connectivity index (χ4n) is 6.26. The Hall–Kier alpha value is -5.11. The second-order valence-corrected chi connectivity index (χ2v) is 11.0. The van der Waals surface area contributed by atoms with E-state index in [1.54, 1.807) is 4.57 Å². The van der Waals surface area contributed by atoms with Gasteiger partial charge in [0, 0.05) is 72.7 Å². The number of carboxylic acid groups (broad SMARTS) is 1. The monoisotopic (exact) mass is 619 g/mol. The molecule has 0 radical (unpaired) electrons. The van der Waals surface area contributed by atoms with Crippen LogP contribution in [0.25, 0.3) is 39.0 Å². The van der Waals surface area contributed by atoms with Crippen LogP contribution in [0.4, 0.5) is 23.2 Å². The highest BCUT2D eigenvalue weighted by molar-refractivity contribution is 5.95. The number of anilines is 1. The van der Waals surface area contributed by atoms with Gasteiger partial charge in [-0.2, -0.15) is 18.3 Å². The Morgan fingerprint density at radius 3 is 2.69 bits per heavy atom. The standard InChI is InChI=1S/C31H25F4N7O3/c1-2-37-23-9-16(32)8-19-18(23)10-24-26(19)27(42-6-4-25(40-42)31(33,34)35)21(13-38-24)15-7-20-28(43)22(30(44)45)14-41(29(20)39-11-15)17-3-5-36-12-17/h4,6-9,11,13-14,17,36-37H,2-3,5,10,12H2,1H3,(H,44,45). The molecule has 2 aliphatic rings. The number of aromatic carboxylic acids is 1. The minimum absolute atomic E-state index is 0.0306. The molecule has 5 heterocycles. The molecule has 230 valence electrons. The second kappa shape index (κ2) is 10.5. The van der Waals surface area contributed by atoms with E-state index in [2.05, 4.69) is 25.7 Å². The van der Waals surface area contributed by atoms with E-state index in [-0.39, 0.29) is 28.3 Å². The van der Waals surface area contributed by atoms with Gasteiger partial charge in [0.1, 0.15) is 17.0 Å². The second-order valence-electron chi connectivity index (χ2n) is 11.0. The van der Waals surface area contributed by atoms with Gasteiger partial charge in [-0.15, -0.1) is 0 Å². The van der Waals surface area contributed by atoms with E-state index >= 15 is 0 Å². The molecular formula is C31H25F4N7O3. The van der Waals surface area contributed by atoms with E-state index in [4.69, 9.17) is 0 Å². The van der Waals surface area contributed by atoms with Crippen molar-refractivity contribution >= 4 is 22.7 Å². The molecule has 0 amide bonds. The molecule has 14 heteroatoms. The molecule has 3 N–H and O–H groups in total. The van der Waals surface area contributed by atoms with Crippen LogP contribution in [0.3, 0.4) is 0 Å². The molecule has 0 bridgehead atoms. The summed E-state index contributed by atoms with van der Waals surface area (Å²) in [5, 5.41) is 20.1. The Labute approximate surface area is 252 Å². The number of carboxylic acids is 1. The predicted octanol–water partition coefficient (Wildman–Crippen LogP) is 5.04. The van der Waals surface area contributed by atoms with Crippen molar-refractivity contribution in [1.29, 1.82) is 0 Å². The van der Waals surface area contributed by atoms with Gasteiger partial charge in [-0.25, -0.2) is 18.9 Å². The number of pyridine rings is 3. The first kappa shape index (κ1) is 28.6. The maximum atomic E-state index is 14.9. The molecule has 1 aliphatic carbocycles. The summed E-state index contributed by atoms with van der Waals surface area (Å²) in [4.78, 5) is 34.7. The molecule has 0 saturated carbocycles. The lowest BCUT2D eigenvalue weighted by Gasteiger charge is -2.19. The summed E-state index contributed by atoms with van der Waals surface area (Å²) >= 11 is 0. The van der Waals surface area contributed by atoms with E-state index in [1.165, 1.54) is 43.0 Å². The summed E-state index contributed by atoms with van der Waals surface area (Å²) in [5.74, 6) is -1.93. The number of nitrogens with zero attached hydrogens (tertiary/aromatic N) is 5. The van der Waals surface area contributed by atoms with Gasteiger partial charge in [0.05, 0.1) is 16.8 Å². The Morgan fingerprint density at radius 1 is 1.18 bits per heavy atom. The number of carbonyl (C=O) groups is 1. The van der Waals surface area contributed by atoms with Gasteiger partial charge < -0.3 is 20.3 Å². The summed E-state index contributed by atoms with van der Waals surface area (Å²) in [6.07, 6.45) is 1.67. The average molecular weight is 620 g/mol. The van der Waals surface area contributed by atoms with Crippen molar-refractivity contribution in [3.63, 3.8) is 0 Å². The van der Waals surface area contributed by atoms with Crippen molar-refractivity contribution in [3.8, 4) is 27.9 Å². The van der Waals surface area contributed by atoms with E-state index in [0.717, 1.165) is 16.3 Å². The smallest absolute Gasteiger partial charge is 0.435 e. The van der Waals surface area contributed by atoms with Crippen LogP contribution in [0.1, 0.15) is 46.7 Å². The van der Waals surface area contributed by atoms with Gasteiger partial charge in [-0.1, -0.05) is 0 Å². The lowest BCUT2D eigenvalue weighted by Crippen LogP contribution is -2.23. The average Bonchev–Trinajstić information content (AvgIpc) is 3.77. The summed E-state index contributed by atoms with van der Waals surface area (Å²) in [7, 11) is 0. The lowest BCUT2D eigenvalue weighted by molar-refractivity contribution is -0.141. The highest BCUT2D eigenvalue weighted by Gasteiger charge is 2.35. The van der Waals surface area contributed by atoms with Crippen molar-refractivity contribution in [2.24, 2.45) is 0 Å². The van der Waals surface area contributed by atoms with Crippen molar-refractivity contribution in [2.45, 2.75) is 32.0 Å². The molecule has 7 rings (SSSR count). The van der Waals surface area contributed by atoms with E-state index in [9.17, 15) is 32.3 Å². The molecule has 1 unspecified atom stereocenters. The zero-order valence-electron chi connectivity index (χ0n) is 23.7. The van der Waals surface area contributed by atoms with Crippen LogP contribution >= 0.6 is 0 Å². The van der Waals surface area contributed by atoms with Crippen LogP contribution in [0.5, 0.6) is 0 Å². The van der Waals surface area contributed by atoms with Crippen molar-refractivity contribution in [3.05, 3.63) is 87.6 Å². The number of nitrogens with one attached hydrogen (secondary N) is 2. The molecule has 45 heavy (non-hydrogen) atoms. The van der Waals surface area contributed by atoms with Crippen LogP contribution in [-0.2, 0) is 12.6 Å². The molecule has 10 nitrogen and oxygen atoms in total. The molecule has 1 fully saturated rings. The third kappa shape index (κ3) is 4.72. The largest absolute Gasteiger partial charge is 0.477 e. The number of hydrogen-bond acceptors (Lipinski definition) is 7. The zero-order chi connectivity index (χ0) is 31.6. The van der Waals surface area contributed by atoms with Crippen LogP contribution in [-0.4, -0.2) is 55.0 Å². The Morgan fingerprint density at radius 2 is 2.00 bits per heavy atom. The van der Waals surface area contributed by atoms with Crippen molar-refractivity contribution in [1.82, 2.24) is 29.6 Å². The number of alkyl halides is 3. The van der Waals surface area contributed by atoms with Gasteiger partial charge in [-0.05, 0) is 55.3 Å². The third-order valence-electron chi connectivity index (χ3n) is 8.27. The lowest BCUT2D eigenvalue weighted by atomic mass is 9.98. The minimum Gasteiger partial charge on any atom is -0.477 e. The maximum Gasteiger partial charge on any atom is 0.435 e. The number of halogens is 4. The highest BCUT2D eigenvalue weighted by atomic mass is 19.4. The normalized spacial score (nSPS) is 15.8. The fourth-order valence-corrected chi connectivity index (χ4v) is 6.26. The van der Waals surface area contributed by atoms with Crippen LogP contribution in [0, 0.1) is 5.82 Å². The summed E-state index contributed by atoms with van der Waals surface area (Å²) in [6, 6.07) is 4.86. The first-order valence-electron chi connectivity index (χ1n) is 14.3. The number of fused-ring (bicyclic) bond motifs is 4. The Kier molecular flexibility index (Phi) is 6.69. The van der Waals surface area contributed by atoms with E-state index in [0.29, 0.717) is 60.5 Å². The number of aromatic nitrogens is 5. The fraction of sp³-hybridized carbons (Fsp3) is 0.258. The van der Waals surface area contributed by atoms with Crippen molar-refractivity contribution in [2.75, 3.05) is 25.0 Å². The Bertz CT molecular complexity index is 2080. The predicted molar refractivity (Wildman–Crippen MR) is 157 cm³/mol. The summed E-state index contributed by atoms with van der Waals surface area (Å²) < 4.78 is 58.7. The first-order valence-corrected chi connectivity index (χ1v) is 14.3. The SMILES string of the molecule is CCNc1cc(F)cc2c1Cc1ncc(-c3cnc4c(c3)c(=O)c(C(=O)O)cn4C3CCNC3)c(-n3ccc(C(F)(F)F)n3)c1-2. The Balaban J connectivity index is 1.51. The molecule has 4 aromatic heterocycles. The van der Waals surface area contributed by atoms with Gasteiger partial charge >= 0.3 is 12.1 Å². The summed E-state index contributed by atoms with van der Waals surface area (Å²) in [5.41, 5.74) is 1.38. The zero-order valence-corrected chi connectivity index (χ0v) is 23.7. The van der Waals surface area contributed by atoms with Crippen LogP contribution in [0.15, 0.2) is 53.8 Å². The molecule has 1 aliphatic heterocycles. The number of rotatable bonds is 6. The van der Waals surface area contributed by atoms with Gasteiger partial charge in [-0.3, -0.25) is 9.78 Å². The summed E-state index contributed by atoms with van der Waals surface area (Å²) in [6.45, 7) is 3.65. The first-order chi connectivity index (χ1) is 21.5. The number of hydrogen-bond donors (Lipinski definition) is 3. The molecule has 5 aromatic rings. The molecule has 1 saturated heterocycles. The van der Waals surface area contributed by atoms with E-state index < -0.39 is 34.6 Å². The quantitative estimate of drug-likeness (QED) is 0.222.